The molecule has 0 unspecified atom stereocenters. The smallest absolute Gasteiger partial charge is 0.258 e. The first-order valence-electron chi connectivity index (χ1n) is 7.71. The molecule has 1 heterocycles. The number of methoxy groups -OCH3 is 1. The zero-order valence-corrected chi connectivity index (χ0v) is 14.6. The molecule has 1 aromatic heterocycles. The summed E-state index contributed by atoms with van der Waals surface area (Å²) in [5.41, 5.74) is 1.31. The van der Waals surface area contributed by atoms with Crippen LogP contribution in [0.25, 0.3) is 10.8 Å². The van der Waals surface area contributed by atoms with Gasteiger partial charge in [-0.05, 0) is 54.3 Å². The summed E-state index contributed by atoms with van der Waals surface area (Å²) in [6, 6.07) is 12.3. The molecule has 128 valence electrons. The Kier molecular flexibility index (Phi) is 4.76. The minimum Gasteiger partial charge on any atom is -0.497 e. The van der Waals surface area contributed by atoms with Crippen LogP contribution >= 0.6 is 11.6 Å². The molecule has 0 aliphatic carbocycles. The first-order valence-corrected chi connectivity index (χ1v) is 8.09. The van der Waals surface area contributed by atoms with E-state index >= 15 is 0 Å². The van der Waals surface area contributed by atoms with Crippen molar-refractivity contribution in [2.24, 2.45) is 0 Å². The summed E-state index contributed by atoms with van der Waals surface area (Å²) in [7, 11) is 1.57. The van der Waals surface area contributed by atoms with Crippen molar-refractivity contribution in [2.45, 2.75) is 13.5 Å². The highest BCUT2D eigenvalue weighted by molar-refractivity contribution is 6.31. The van der Waals surface area contributed by atoms with Gasteiger partial charge in [0, 0.05) is 22.3 Å². The summed E-state index contributed by atoms with van der Waals surface area (Å²) in [6.07, 6.45) is 1.61. The molecule has 0 saturated carbocycles. The maximum Gasteiger partial charge on any atom is 0.258 e. The van der Waals surface area contributed by atoms with Crippen LogP contribution in [0.2, 0.25) is 5.02 Å². The van der Waals surface area contributed by atoms with E-state index < -0.39 is 0 Å². The number of aryl methyl sites for hydroxylation is 1. The lowest BCUT2D eigenvalue weighted by molar-refractivity contribution is -0.116. The lowest BCUT2D eigenvalue weighted by atomic mass is 10.1. The maximum absolute atomic E-state index is 12.6. The van der Waals surface area contributed by atoms with Crippen LogP contribution in [0.1, 0.15) is 5.56 Å². The Hall–Kier alpha value is -2.79. The van der Waals surface area contributed by atoms with Crippen LogP contribution in [0.15, 0.2) is 53.5 Å². The summed E-state index contributed by atoms with van der Waals surface area (Å²) in [5, 5.41) is 4.64. The number of carbonyl (C=O) groups excluding carboxylic acids is 1. The number of hydrogen-bond acceptors (Lipinski definition) is 3. The molecule has 0 bridgehead atoms. The van der Waals surface area contributed by atoms with Gasteiger partial charge in [-0.25, -0.2) is 0 Å². The van der Waals surface area contributed by atoms with Crippen LogP contribution in [0.5, 0.6) is 5.75 Å². The number of amides is 1. The third kappa shape index (κ3) is 3.67. The second-order valence-corrected chi connectivity index (χ2v) is 6.15. The molecule has 1 N–H and O–H groups in total. The molecule has 0 radical (unpaired) electrons. The molecule has 5 nitrogen and oxygen atoms in total. The summed E-state index contributed by atoms with van der Waals surface area (Å²) in [6.45, 7) is 1.80. The third-order valence-corrected chi connectivity index (χ3v) is 4.21. The fourth-order valence-corrected chi connectivity index (χ4v) is 2.76. The van der Waals surface area contributed by atoms with Gasteiger partial charge in [0.1, 0.15) is 12.3 Å². The molecule has 6 heteroatoms. The molecule has 1 amide bonds. The highest BCUT2D eigenvalue weighted by Crippen LogP contribution is 2.20. The molecule has 0 aliphatic rings. The van der Waals surface area contributed by atoms with Gasteiger partial charge in [0.2, 0.25) is 5.91 Å². The van der Waals surface area contributed by atoms with E-state index in [9.17, 15) is 9.59 Å². The summed E-state index contributed by atoms with van der Waals surface area (Å²) in [5.74, 6) is 0.388. The Labute approximate surface area is 149 Å². The molecular formula is C19H17ClN2O3. The van der Waals surface area contributed by atoms with Gasteiger partial charge in [-0.1, -0.05) is 17.7 Å². The minimum atomic E-state index is -0.291. The topological polar surface area (TPSA) is 60.3 Å². The van der Waals surface area contributed by atoms with Gasteiger partial charge >= 0.3 is 0 Å². The summed E-state index contributed by atoms with van der Waals surface area (Å²) in [4.78, 5) is 24.9. The van der Waals surface area contributed by atoms with Gasteiger partial charge in [-0.15, -0.1) is 0 Å². The zero-order chi connectivity index (χ0) is 18.0. The molecule has 0 atom stereocenters. The van der Waals surface area contributed by atoms with Gasteiger partial charge in [0.15, 0.2) is 0 Å². The van der Waals surface area contributed by atoms with Crippen LogP contribution in [0.3, 0.4) is 0 Å². The van der Waals surface area contributed by atoms with E-state index in [2.05, 4.69) is 5.32 Å². The number of benzene rings is 2. The van der Waals surface area contributed by atoms with E-state index in [0.29, 0.717) is 21.8 Å². The fourth-order valence-electron chi connectivity index (χ4n) is 2.59. The van der Waals surface area contributed by atoms with Gasteiger partial charge < -0.3 is 14.6 Å². The minimum absolute atomic E-state index is 0.0766. The monoisotopic (exact) mass is 356 g/mol. The number of carbonyl (C=O) groups is 1. The molecule has 3 aromatic rings. The van der Waals surface area contributed by atoms with Gasteiger partial charge in [0.05, 0.1) is 7.11 Å². The van der Waals surface area contributed by atoms with Crippen molar-refractivity contribution in [3.8, 4) is 5.75 Å². The number of aromatic nitrogens is 1. The van der Waals surface area contributed by atoms with E-state index in [1.807, 2.05) is 13.0 Å². The number of pyridine rings is 1. The molecule has 25 heavy (non-hydrogen) atoms. The Bertz CT molecular complexity index is 1010. The number of rotatable bonds is 4. The predicted octanol–water partition coefficient (Wildman–Crippen LogP) is 3.61. The normalized spacial score (nSPS) is 10.7. The van der Waals surface area contributed by atoms with Crippen molar-refractivity contribution < 1.29 is 9.53 Å². The van der Waals surface area contributed by atoms with Crippen molar-refractivity contribution in [3.63, 3.8) is 0 Å². The highest BCUT2D eigenvalue weighted by atomic mass is 35.5. The number of fused-ring (bicyclic) bond motifs is 1. The summed E-state index contributed by atoms with van der Waals surface area (Å²) >= 11 is 5.96. The zero-order valence-electron chi connectivity index (χ0n) is 13.9. The average Bonchev–Trinajstić information content (AvgIpc) is 2.60. The van der Waals surface area contributed by atoms with E-state index in [-0.39, 0.29) is 18.0 Å². The Morgan fingerprint density at radius 1 is 1.20 bits per heavy atom. The van der Waals surface area contributed by atoms with E-state index in [1.54, 1.807) is 49.7 Å². The highest BCUT2D eigenvalue weighted by Gasteiger charge is 2.10. The summed E-state index contributed by atoms with van der Waals surface area (Å²) < 4.78 is 6.54. The Morgan fingerprint density at radius 2 is 2.00 bits per heavy atom. The van der Waals surface area contributed by atoms with Crippen molar-refractivity contribution in [3.05, 3.63) is 69.6 Å². The van der Waals surface area contributed by atoms with Crippen molar-refractivity contribution in [1.82, 2.24) is 4.57 Å². The number of ether oxygens (including phenoxy) is 1. The Balaban J connectivity index is 1.85. The SMILES string of the molecule is COc1ccc2c(=O)n(CC(=O)Nc3cc(Cl)ccc3C)ccc2c1. The van der Waals surface area contributed by atoms with Crippen LogP contribution < -0.4 is 15.6 Å². The maximum atomic E-state index is 12.6. The quantitative estimate of drug-likeness (QED) is 0.776. The van der Waals surface area contributed by atoms with Gasteiger partial charge in [0.25, 0.3) is 5.56 Å². The Morgan fingerprint density at radius 3 is 2.76 bits per heavy atom. The largest absolute Gasteiger partial charge is 0.497 e. The molecule has 0 aliphatic heterocycles. The van der Waals surface area contributed by atoms with Gasteiger partial charge in [-0.3, -0.25) is 9.59 Å². The number of nitrogens with one attached hydrogen (secondary N) is 1. The first-order chi connectivity index (χ1) is 12.0. The number of halogens is 1. The van der Waals surface area contributed by atoms with Crippen molar-refractivity contribution in [2.75, 3.05) is 12.4 Å². The van der Waals surface area contributed by atoms with Gasteiger partial charge in [-0.2, -0.15) is 0 Å². The second kappa shape index (κ2) is 6.99. The first kappa shape index (κ1) is 17.0. The van der Waals surface area contributed by atoms with Crippen LogP contribution in [0, 0.1) is 6.92 Å². The standard InChI is InChI=1S/C19H17ClN2O3/c1-12-3-4-14(20)10-17(12)21-18(23)11-22-8-7-13-9-15(25-2)5-6-16(13)19(22)24/h3-10H,11H2,1-2H3,(H,21,23). The molecule has 0 saturated heterocycles. The van der Waals surface area contributed by atoms with E-state index in [1.165, 1.54) is 4.57 Å². The van der Waals surface area contributed by atoms with Crippen LogP contribution in [0.4, 0.5) is 5.69 Å². The molecule has 3 rings (SSSR count). The number of hydrogen-bond donors (Lipinski definition) is 1. The van der Waals surface area contributed by atoms with E-state index in [0.717, 1.165) is 10.9 Å². The third-order valence-electron chi connectivity index (χ3n) is 3.97. The molecule has 0 fully saturated rings. The molecule has 2 aromatic carbocycles. The fraction of sp³-hybridized carbons (Fsp3) is 0.158. The lowest BCUT2D eigenvalue weighted by Crippen LogP contribution is -2.27. The van der Waals surface area contributed by atoms with E-state index in [4.69, 9.17) is 16.3 Å². The number of anilines is 1. The number of nitrogens with zero attached hydrogens (tertiary/aromatic N) is 1. The van der Waals surface area contributed by atoms with Crippen molar-refractivity contribution in [1.29, 1.82) is 0 Å². The molecule has 0 spiro atoms. The lowest BCUT2D eigenvalue weighted by Gasteiger charge is -2.11. The predicted molar refractivity (Wildman–Crippen MR) is 99.6 cm³/mol. The van der Waals surface area contributed by atoms with Crippen LogP contribution in [-0.2, 0) is 11.3 Å². The average molecular weight is 357 g/mol. The molecular weight excluding hydrogens is 340 g/mol. The second-order valence-electron chi connectivity index (χ2n) is 5.71. The van der Waals surface area contributed by atoms with Crippen LogP contribution in [-0.4, -0.2) is 17.6 Å². The van der Waals surface area contributed by atoms with Crippen molar-refractivity contribution >= 4 is 34.0 Å².